The van der Waals surface area contributed by atoms with Gasteiger partial charge in [0.05, 0.1) is 5.69 Å². The van der Waals surface area contributed by atoms with Gasteiger partial charge in [-0.2, -0.15) is 0 Å². The molecule has 0 aliphatic carbocycles. The predicted octanol–water partition coefficient (Wildman–Crippen LogP) is 4.29. The van der Waals surface area contributed by atoms with Gasteiger partial charge in [0, 0.05) is 18.7 Å². The van der Waals surface area contributed by atoms with Crippen molar-refractivity contribution in [2.75, 3.05) is 23.3 Å². The molecule has 1 aromatic heterocycles. The number of benzene rings is 1. The number of carbonyl (C=O) groups excluding carboxylic acids is 2. The zero-order valence-electron chi connectivity index (χ0n) is 16.7. The number of hydrogen-bond acceptors (Lipinski definition) is 4. The van der Waals surface area contributed by atoms with Gasteiger partial charge >= 0.3 is 12.4 Å². The molecule has 2 heterocycles. The van der Waals surface area contributed by atoms with Crippen LogP contribution >= 0.6 is 0 Å². The lowest BCUT2D eigenvalue weighted by Crippen LogP contribution is -2.48. The summed E-state index contributed by atoms with van der Waals surface area (Å²) in [6, 6.07) is 6.71. The molecule has 0 spiro atoms. The SMILES string of the molecule is C=Cc1cnc2c(c1)NC(=O)CN2C(=O)NCC(CC)c1ccc(OC(F)(F)F)cc1. The van der Waals surface area contributed by atoms with E-state index in [9.17, 15) is 22.8 Å². The molecule has 1 aromatic carbocycles. The Morgan fingerprint density at radius 2 is 2.10 bits per heavy atom. The predicted molar refractivity (Wildman–Crippen MR) is 110 cm³/mol. The average molecular weight is 434 g/mol. The molecule has 2 aromatic rings. The van der Waals surface area contributed by atoms with Crippen molar-refractivity contribution in [1.29, 1.82) is 0 Å². The Kier molecular flexibility index (Phi) is 6.47. The number of hydrogen-bond donors (Lipinski definition) is 2. The number of fused-ring (bicyclic) bond motifs is 1. The Hall–Kier alpha value is -3.56. The second-order valence-corrected chi connectivity index (χ2v) is 6.89. The van der Waals surface area contributed by atoms with Crippen molar-refractivity contribution in [2.24, 2.45) is 0 Å². The minimum absolute atomic E-state index is 0.141. The van der Waals surface area contributed by atoms with Gasteiger partial charge < -0.3 is 15.4 Å². The number of nitrogens with one attached hydrogen (secondary N) is 2. The molecule has 0 saturated carbocycles. The molecule has 31 heavy (non-hydrogen) atoms. The van der Waals surface area contributed by atoms with Crippen LogP contribution in [-0.2, 0) is 4.79 Å². The lowest BCUT2D eigenvalue weighted by molar-refractivity contribution is -0.274. The number of ether oxygens (including phenoxy) is 1. The molecule has 164 valence electrons. The lowest BCUT2D eigenvalue weighted by atomic mass is 9.96. The van der Waals surface area contributed by atoms with Gasteiger partial charge in [-0.15, -0.1) is 13.2 Å². The van der Waals surface area contributed by atoms with E-state index in [1.807, 2.05) is 6.92 Å². The summed E-state index contributed by atoms with van der Waals surface area (Å²) in [4.78, 5) is 30.3. The summed E-state index contributed by atoms with van der Waals surface area (Å²) >= 11 is 0. The van der Waals surface area contributed by atoms with Crippen LogP contribution in [0.2, 0.25) is 0 Å². The summed E-state index contributed by atoms with van der Waals surface area (Å²) in [6.07, 6.45) is -0.993. The number of nitrogens with zero attached hydrogens (tertiary/aromatic N) is 2. The molecule has 3 amide bonds. The van der Waals surface area contributed by atoms with Crippen molar-refractivity contribution in [2.45, 2.75) is 25.6 Å². The molecule has 1 aliphatic heterocycles. The summed E-state index contributed by atoms with van der Waals surface area (Å²) in [5.41, 5.74) is 1.87. The zero-order chi connectivity index (χ0) is 22.6. The first kappa shape index (κ1) is 22.1. The number of aromatic nitrogens is 1. The molecule has 7 nitrogen and oxygen atoms in total. The molecule has 10 heteroatoms. The third-order valence-electron chi connectivity index (χ3n) is 4.78. The van der Waals surface area contributed by atoms with Gasteiger partial charge in [-0.1, -0.05) is 31.7 Å². The van der Waals surface area contributed by atoms with E-state index in [1.165, 1.54) is 29.2 Å². The summed E-state index contributed by atoms with van der Waals surface area (Å²) in [5, 5.41) is 5.46. The monoisotopic (exact) mass is 434 g/mol. The number of halogens is 3. The number of amides is 3. The molecule has 3 rings (SSSR count). The van der Waals surface area contributed by atoms with Gasteiger partial charge in [-0.05, 0) is 35.7 Å². The molecular weight excluding hydrogens is 413 g/mol. The van der Waals surface area contributed by atoms with E-state index in [0.717, 1.165) is 5.56 Å². The Bertz CT molecular complexity index is 977. The van der Waals surface area contributed by atoms with E-state index >= 15 is 0 Å². The summed E-state index contributed by atoms with van der Waals surface area (Å²) in [7, 11) is 0. The third kappa shape index (κ3) is 5.53. The highest BCUT2D eigenvalue weighted by molar-refractivity contribution is 6.08. The van der Waals surface area contributed by atoms with Crippen LogP contribution in [0.3, 0.4) is 0 Å². The fourth-order valence-corrected chi connectivity index (χ4v) is 3.21. The molecule has 1 unspecified atom stereocenters. The van der Waals surface area contributed by atoms with Crippen molar-refractivity contribution in [3.05, 3.63) is 54.2 Å². The first-order valence-corrected chi connectivity index (χ1v) is 9.53. The van der Waals surface area contributed by atoms with Crippen LogP contribution in [0.1, 0.15) is 30.4 Å². The van der Waals surface area contributed by atoms with E-state index in [-0.39, 0.29) is 30.7 Å². The quantitative estimate of drug-likeness (QED) is 0.711. The summed E-state index contributed by atoms with van der Waals surface area (Å²) in [5.74, 6) is -0.475. The fraction of sp³-hybridized carbons (Fsp3) is 0.286. The smallest absolute Gasteiger partial charge is 0.406 e. The third-order valence-corrected chi connectivity index (χ3v) is 4.78. The van der Waals surface area contributed by atoms with Crippen molar-refractivity contribution in [1.82, 2.24) is 10.3 Å². The van der Waals surface area contributed by atoms with Gasteiger partial charge in [-0.25, -0.2) is 9.78 Å². The van der Waals surface area contributed by atoms with Gasteiger partial charge in [0.1, 0.15) is 12.3 Å². The second kappa shape index (κ2) is 9.07. The fourth-order valence-electron chi connectivity index (χ4n) is 3.21. The van der Waals surface area contributed by atoms with E-state index in [0.29, 0.717) is 23.5 Å². The molecule has 0 fully saturated rings. The zero-order valence-corrected chi connectivity index (χ0v) is 16.7. The van der Waals surface area contributed by atoms with Crippen LogP contribution in [0.4, 0.5) is 29.5 Å². The minimum atomic E-state index is -4.75. The maximum absolute atomic E-state index is 12.8. The van der Waals surface area contributed by atoms with Crippen LogP contribution in [0.15, 0.2) is 43.1 Å². The first-order valence-electron chi connectivity index (χ1n) is 9.53. The van der Waals surface area contributed by atoms with Gasteiger partial charge in [0.2, 0.25) is 5.91 Å². The van der Waals surface area contributed by atoms with E-state index in [4.69, 9.17) is 0 Å². The largest absolute Gasteiger partial charge is 0.573 e. The Morgan fingerprint density at radius 1 is 1.39 bits per heavy atom. The van der Waals surface area contributed by atoms with Gasteiger partial charge in [0.25, 0.3) is 0 Å². The van der Waals surface area contributed by atoms with Crippen LogP contribution in [0.25, 0.3) is 6.08 Å². The number of anilines is 2. The standard InChI is InChI=1S/C21H21F3N4O3/c1-3-13-9-17-19(25-10-13)28(12-18(29)27-17)20(30)26-11-14(4-2)15-5-7-16(8-6-15)31-21(22,23)24/h3,5-10,14H,1,4,11-12H2,2H3,(H,26,30)(H,27,29). The first-order chi connectivity index (χ1) is 14.7. The second-order valence-electron chi connectivity index (χ2n) is 6.89. The molecule has 0 saturated heterocycles. The Labute approximate surface area is 176 Å². The van der Waals surface area contributed by atoms with Crippen LogP contribution in [0.5, 0.6) is 5.75 Å². The van der Waals surface area contributed by atoms with Crippen molar-refractivity contribution in [3.63, 3.8) is 0 Å². The average Bonchev–Trinajstić information content (AvgIpc) is 2.72. The minimum Gasteiger partial charge on any atom is -0.406 e. The maximum atomic E-state index is 12.8. The van der Waals surface area contributed by atoms with E-state index < -0.39 is 12.4 Å². The molecule has 1 atom stereocenters. The van der Waals surface area contributed by atoms with E-state index in [2.05, 4.69) is 26.9 Å². The van der Waals surface area contributed by atoms with Crippen LogP contribution in [0, 0.1) is 0 Å². The number of urea groups is 1. The molecule has 1 aliphatic rings. The Balaban J connectivity index is 1.68. The van der Waals surface area contributed by atoms with E-state index in [1.54, 1.807) is 18.3 Å². The highest BCUT2D eigenvalue weighted by Gasteiger charge is 2.31. The van der Waals surface area contributed by atoms with Crippen molar-refractivity contribution < 1.29 is 27.5 Å². The molecule has 0 radical (unpaired) electrons. The number of rotatable bonds is 6. The molecular formula is C21H21F3N4O3. The van der Waals surface area contributed by atoms with Crippen molar-refractivity contribution >= 4 is 29.5 Å². The van der Waals surface area contributed by atoms with Gasteiger partial charge in [0.15, 0.2) is 5.82 Å². The number of pyridine rings is 1. The lowest BCUT2D eigenvalue weighted by Gasteiger charge is -2.29. The normalized spacial score (nSPS) is 14.3. The summed E-state index contributed by atoms with van der Waals surface area (Å²) in [6.45, 7) is 5.60. The highest BCUT2D eigenvalue weighted by Crippen LogP contribution is 2.29. The molecule has 0 bridgehead atoms. The molecule has 2 N–H and O–H groups in total. The van der Waals surface area contributed by atoms with Gasteiger partial charge in [-0.3, -0.25) is 9.69 Å². The topological polar surface area (TPSA) is 83.6 Å². The maximum Gasteiger partial charge on any atom is 0.573 e. The van der Waals surface area contributed by atoms with Crippen LogP contribution in [-0.4, -0.2) is 36.4 Å². The van der Waals surface area contributed by atoms with Crippen LogP contribution < -0.4 is 20.3 Å². The summed E-state index contributed by atoms with van der Waals surface area (Å²) < 4.78 is 40.8. The number of alkyl halides is 3. The van der Waals surface area contributed by atoms with Crippen molar-refractivity contribution in [3.8, 4) is 5.75 Å². The highest BCUT2D eigenvalue weighted by atomic mass is 19.4. The Morgan fingerprint density at radius 3 is 2.71 bits per heavy atom. The number of carbonyl (C=O) groups is 2.